The Hall–Kier alpha value is -2.07. The van der Waals surface area contributed by atoms with E-state index in [4.69, 9.17) is 39.6 Å². The van der Waals surface area contributed by atoms with Crippen molar-refractivity contribution in [2.24, 2.45) is 5.16 Å². The van der Waals surface area contributed by atoms with Crippen LogP contribution >= 0.6 is 34.8 Å². The van der Waals surface area contributed by atoms with E-state index >= 15 is 0 Å². The molecule has 9 heteroatoms. The highest BCUT2D eigenvalue weighted by atomic mass is 35.5. The third kappa shape index (κ3) is 4.14. The van der Waals surface area contributed by atoms with Gasteiger partial charge in [-0.05, 0) is 23.3 Å². The fraction of sp³-hybridized carbons (Fsp3) is 0.348. The Bertz CT molecular complexity index is 1090. The summed E-state index contributed by atoms with van der Waals surface area (Å²) in [6.07, 6.45) is -4.45. The second-order valence-electron chi connectivity index (χ2n) is 7.75. The highest BCUT2D eigenvalue weighted by Crippen LogP contribution is 2.50. The van der Waals surface area contributed by atoms with Gasteiger partial charge in [-0.3, -0.25) is 0 Å². The first-order valence-corrected chi connectivity index (χ1v) is 11.1. The monoisotopic (exact) mass is 500 g/mol. The molecule has 1 unspecified atom stereocenters. The lowest BCUT2D eigenvalue weighted by Crippen LogP contribution is -2.42. The molecule has 1 saturated heterocycles. The zero-order valence-electron chi connectivity index (χ0n) is 16.9. The summed E-state index contributed by atoms with van der Waals surface area (Å²) >= 11 is 17.9. The van der Waals surface area contributed by atoms with Gasteiger partial charge in [0, 0.05) is 43.5 Å². The Morgan fingerprint density at radius 1 is 1.12 bits per heavy atom. The molecule has 4 rings (SSSR count). The molecular formula is C23H18Cl3F3N2O. The van der Waals surface area contributed by atoms with Crippen molar-refractivity contribution in [3.8, 4) is 12.0 Å². The van der Waals surface area contributed by atoms with E-state index in [1.165, 1.54) is 0 Å². The third-order valence-corrected chi connectivity index (χ3v) is 6.84. The lowest BCUT2D eigenvalue weighted by atomic mass is 9.85. The number of benzene rings is 2. The van der Waals surface area contributed by atoms with Gasteiger partial charge in [-0.25, -0.2) is 0 Å². The first kappa shape index (κ1) is 23.1. The van der Waals surface area contributed by atoms with Crippen molar-refractivity contribution in [3.05, 3.63) is 68.2 Å². The number of oxime groups is 1. The lowest BCUT2D eigenvalue weighted by molar-refractivity contribution is -0.275. The van der Waals surface area contributed by atoms with Crippen molar-refractivity contribution in [3.63, 3.8) is 0 Å². The van der Waals surface area contributed by atoms with Crippen LogP contribution in [-0.2, 0) is 10.4 Å². The van der Waals surface area contributed by atoms with E-state index in [0.717, 1.165) is 37.2 Å². The highest BCUT2D eigenvalue weighted by molar-refractivity contribution is 6.48. The molecule has 168 valence electrons. The van der Waals surface area contributed by atoms with Gasteiger partial charge in [0.05, 0.1) is 20.8 Å². The van der Waals surface area contributed by atoms with Crippen LogP contribution < -0.4 is 0 Å². The normalized spacial score (nSPS) is 20.8. The van der Waals surface area contributed by atoms with E-state index in [0.29, 0.717) is 11.5 Å². The van der Waals surface area contributed by atoms with Crippen LogP contribution in [0.4, 0.5) is 13.2 Å². The average molecular weight is 502 g/mol. The number of nitrogens with zero attached hydrogens (tertiary/aromatic N) is 2. The topological polar surface area (TPSA) is 24.8 Å². The molecule has 2 aromatic rings. The zero-order chi connectivity index (χ0) is 23.1. The van der Waals surface area contributed by atoms with E-state index in [1.807, 2.05) is 19.1 Å². The van der Waals surface area contributed by atoms with Crippen LogP contribution in [0.25, 0.3) is 0 Å². The van der Waals surface area contributed by atoms with Gasteiger partial charge >= 0.3 is 6.18 Å². The molecular weight excluding hydrogens is 484 g/mol. The van der Waals surface area contributed by atoms with Crippen molar-refractivity contribution in [2.75, 3.05) is 13.1 Å². The summed E-state index contributed by atoms with van der Waals surface area (Å²) in [5.74, 6) is 3.39. The van der Waals surface area contributed by atoms with Crippen molar-refractivity contribution < 1.29 is 18.0 Å². The van der Waals surface area contributed by atoms with Gasteiger partial charge in [0.25, 0.3) is 5.60 Å². The van der Waals surface area contributed by atoms with Crippen LogP contribution in [0.1, 0.15) is 42.4 Å². The maximum atomic E-state index is 14.2. The molecule has 2 aromatic carbocycles. The summed E-state index contributed by atoms with van der Waals surface area (Å²) in [4.78, 5) is 7.10. The molecule has 0 amide bonds. The molecule has 3 nitrogen and oxygen atoms in total. The van der Waals surface area contributed by atoms with Crippen LogP contribution in [0.3, 0.4) is 0 Å². The summed E-state index contributed by atoms with van der Waals surface area (Å²) in [6, 6.07) is 12.7. The number of rotatable bonds is 3. The Labute approximate surface area is 199 Å². The summed E-state index contributed by atoms with van der Waals surface area (Å²) < 4.78 is 42.5. The van der Waals surface area contributed by atoms with E-state index in [9.17, 15) is 13.2 Å². The minimum absolute atomic E-state index is 0.0145. The van der Waals surface area contributed by atoms with E-state index in [2.05, 4.69) is 22.0 Å². The first-order valence-electron chi connectivity index (χ1n) is 9.95. The fourth-order valence-electron chi connectivity index (χ4n) is 3.77. The average Bonchev–Trinajstić information content (AvgIpc) is 3.18. The quantitative estimate of drug-likeness (QED) is 0.334. The van der Waals surface area contributed by atoms with E-state index in [-0.39, 0.29) is 26.3 Å². The summed E-state index contributed by atoms with van der Waals surface area (Å²) in [6.45, 7) is 3.68. The molecule has 0 aromatic heterocycles. The highest BCUT2D eigenvalue weighted by Gasteiger charge is 2.62. The van der Waals surface area contributed by atoms with Crippen LogP contribution in [0.2, 0.25) is 15.1 Å². The van der Waals surface area contributed by atoms with Crippen LogP contribution in [0.15, 0.2) is 41.6 Å². The van der Waals surface area contributed by atoms with Crippen molar-refractivity contribution >= 4 is 40.5 Å². The van der Waals surface area contributed by atoms with Gasteiger partial charge < -0.3 is 9.74 Å². The minimum atomic E-state index is -4.76. The Morgan fingerprint density at radius 3 is 2.31 bits per heavy atom. The van der Waals surface area contributed by atoms with Crippen LogP contribution in [0.5, 0.6) is 0 Å². The lowest BCUT2D eigenvalue weighted by Gasteiger charge is -2.36. The number of halogens is 6. The maximum absolute atomic E-state index is 14.2. The third-order valence-electron chi connectivity index (χ3n) is 5.65. The van der Waals surface area contributed by atoms with Gasteiger partial charge in [0.1, 0.15) is 0 Å². The molecule has 0 radical (unpaired) electrons. The molecule has 2 heterocycles. The van der Waals surface area contributed by atoms with Gasteiger partial charge in [-0.1, -0.05) is 77.1 Å². The Kier molecular flexibility index (Phi) is 6.28. The van der Waals surface area contributed by atoms with Crippen LogP contribution in [-0.4, -0.2) is 29.9 Å². The molecule has 0 aliphatic carbocycles. The minimum Gasteiger partial charge on any atom is -0.374 e. The van der Waals surface area contributed by atoms with Gasteiger partial charge in [-0.15, -0.1) is 0 Å². The fourth-order valence-corrected chi connectivity index (χ4v) is 4.36. The Balaban J connectivity index is 1.54. The predicted octanol–water partition coefficient (Wildman–Crippen LogP) is 7.00. The van der Waals surface area contributed by atoms with Gasteiger partial charge in [-0.2, -0.15) is 13.2 Å². The Morgan fingerprint density at radius 2 is 1.75 bits per heavy atom. The summed E-state index contributed by atoms with van der Waals surface area (Å²) in [7, 11) is 0. The van der Waals surface area contributed by atoms with Gasteiger partial charge in [0.15, 0.2) is 0 Å². The summed E-state index contributed by atoms with van der Waals surface area (Å²) in [5, 5.41) is 3.60. The number of alkyl halides is 3. The SMILES string of the molecule is CCC#CN1CC(c2ccc(C3=NOC(c4cc(Cl)c(Cl)c(Cl)c4)(C(F)(F)F)C3)cc2)C1. The largest absolute Gasteiger partial charge is 0.435 e. The van der Waals surface area contributed by atoms with Gasteiger partial charge in [0.2, 0.25) is 0 Å². The number of hydrogen-bond donors (Lipinski definition) is 0. The standard InChI is InChI=1S/C23H18Cl3F3N2O/c1-2-3-8-31-12-16(13-31)14-4-6-15(7-5-14)20-11-22(32-30-20,23(27,28)29)17-9-18(24)21(26)19(25)10-17/h4-7,9-10,16H,2,11-13H2,1H3. The zero-order valence-corrected chi connectivity index (χ0v) is 19.2. The number of hydrogen-bond acceptors (Lipinski definition) is 3. The molecule has 1 atom stereocenters. The first-order chi connectivity index (χ1) is 15.1. The predicted molar refractivity (Wildman–Crippen MR) is 120 cm³/mol. The van der Waals surface area contributed by atoms with E-state index in [1.54, 1.807) is 12.1 Å². The number of likely N-dealkylation sites (tertiary alicyclic amines) is 1. The van der Waals surface area contributed by atoms with Crippen molar-refractivity contribution in [1.29, 1.82) is 0 Å². The molecule has 32 heavy (non-hydrogen) atoms. The maximum Gasteiger partial charge on any atom is 0.435 e. The second-order valence-corrected chi connectivity index (χ2v) is 8.94. The summed E-state index contributed by atoms with van der Waals surface area (Å²) in [5.41, 5.74) is -1.07. The molecule has 2 aliphatic rings. The molecule has 0 N–H and O–H groups in total. The molecule has 0 bridgehead atoms. The smallest absolute Gasteiger partial charge is 0.374 e. The van der Waals surface area contributed by atoms with Crippen molar-refractivity contribution in [1.82, 2.24) is 4.90 Å². The molecule has 0 spiro atoms. The second kappa shape index (κ2) is 8.70. The molecule has 0 saturated carbocycles. The molecule has 1 fully saturated rings. The van der Waals surface area contributed by atoms with Crippen molar-refractivity contribution in [2.45, 2.75) is 37.5 Å². The van der Waals surface area contributed by atoms with Crippen LogP contribution in [0, 0.1) is 12.0 Å². The van der Waals surface area contributed by atoms with E-state index < -0.39 is 18.2 Å². The molecule has 2 aliphatic heterocycles.